The second kappa shape index (κ2) is 5.95. The van der Waals surface area contributed by atoms with Gasteiger partial charge in [-0.05, 0) is 19.9 Å². The van der Waals surface area contributed by atoms with E-state index in [0.717, 1.165) is 5.57 Å². The van der Waals surface area contributed by atoms with Gasteiger partial charge < -0.3 is 0 Å². The lowest BCUT2D eigenvalue weighted by Gasteiger charge is -1.97. The summed E-state index contributed by atoms with van der Waals surface area (Å²) < 4.78 is 0. The third kappa shape index (κ3) is 4.29. The van der Waals surface area contributed by atoms with Gasteiger partial charge in [-0.1, -0.05) is 40.2 Å². The number of halogens is 1. The van der Waals surface area contributed by atoms with Gasteiger partial charge in [0.25, 0.3) is 0 Å². The molecule has 1 nitrogen and oxygen atoms in total. The van der Waals surface area contributed by atoms with Crippen molar-refractivity contribution in [3.63, 3.8) is 0 Å². The van der Waals surface area contributed by atoms with Gasteiger partial charge in [0, 0.05) is 5.57 Å². The van der Waals surface area contributed by atoms with E-state index in [1.54, 1.807) is 12.2 Å². The van der Waals surface area contributed by atoms with E-state index in [4.69, 9.17) is 0 Å². The Balaban J connectivity index is 4.66. The molecule has 0 N–H and O–H groups in total. The van der Waals surface area contributed by atoms with Crippen molar-refractivity contribution in [2.45, 2.75) is 13.8 Å². The Bertz CT molecular complexity index is 236. The molecule has 0 aromatic heterocycles. The summed E-state index contributed by atoms with van der Waals surface area (Å²) in [6.07, 6.45) is 5.41. The molecule has 0 saturated heterocycles. The molecule has 0 fully saturated rings. The molecule has 0 aliphatic carbocycles. The quantitative estimate of drug-likeness (QED) is 0.411. The highest BCUT2D eigenvalue weighted by Gasteiger charge is 2.02. The normalized spacial score (nSPS) is 12.1. The van der Waals surface area contributed by atoms with Gasteiger partial charge in [-0.15, -0.1) is 0 Å². The van der Waals surface area contributed by atoms with E-state index in [2.05, 4.69) is 22.5 Å². The van der Waals surface area contributed by atoms with Crippen LogP contribution in [-0.2, 0) is 4.79 Å². The number of ketones is 1. The van der Waals surface area contributed by atoms with Crippen LogP contribution in [0.25, 0.3) is 0 Å². The van der Waals surface area contributed by atoms with Crippen LogP contribution in [0.4, 0.5) is 0 Å². The summed E-state index contributed by atoms with van der Waals surface area (Å²) in [5, 5.41) is 0.358. The van der Waals surface area contributed by atoms with Crippen LogP contribution in [0.15, 0.2) is 36.0 Å². The maximum absolute atomic E-state index is 11.2. The Labute approximate surface area is 82.0 Å². The van der Waals surface area contributed by atoms with Crippen LogP contribution >= 0.6 is 15.9 Å². The van der Waals surface area contributed by atoms with Crippen LogP contribution in [0.3, 0.4) is 0 Å². The predicted octanol–water partition coefficient (Wildman–Crippen LogP) is 3.03. The van der Waals surface area contributed by atoms with Crippen LogP contribution in [-0.4, -0.2) is 11.1 Å². The van der Waals surface area contributed by atoms with E-state index in [1.165, 1.54) is 0 Å². The molecule has 0 heterocycles. The third-order valence-electron chi connectivity index (χ3n) is 1.19. The van der Waals surface area contributed by atoms with Crippen LogP contribution in [0.2, 0.25) is 0 Å². The highest BCUT2D eigenvalue weighted by Crippen LogP contribution is 2.05. The summed E-state index contributed by atoms with van der Waals surface area (Å²) in [5.41, 5.74) is 1.58. The molecule has 0 unspecified atom stereocenters. The van der Waals surface area contributed by atoms with Gasteiger partial charge in [0.05, 0.1) is 5.33 Å². The van der Waals surface area contributed by atoms with Crippen molar-refractivity contribution < 1.29 is 4.79 Å². The van der Waals surface area contributed by atoms with Crippen LogP contribution in [0.5, 0.6) is 0 Å². The fraction of sp³-hybridized carbons (Fsp3) is 0.300. The Morgan fingerprint density at radius 2 is 2.17 bits per heavy atom. The van der Waals surface area contributed by atoms with Crippen LogP contribution in [0.1, 0.15) is 13.8 Å². The van der Waals surface area contributed by atoms with Gasteiger partial charge in [0.1, 0.15) is 0 Å². The Kier molecular flexibility index (Phi) is 5.64. The summed E-state index contributed by atoms with van der Waals surface area (Å²) in [6, 6.07) is 0. The largest absolute Gasteiger partial charge is 0.293 e. The second-order valence-corrected chi connectivity index (χ2v) is 3.06. The minimum Gasteiger partial charge on any atom is -0.293 e. The molecule has 0 rings (SSSR count). The van der Waals surface area contributed by atoms with Crippen LogP contribution < -0.4 is 0 Å². The number of carbonyl (C=O) groups excluding carboxylic acids is 1. The van der Waals surface area contributed by atoms with Gasteiger partial charge in [-0.3, -0.25) is 4.79 Å². The molecule has 66 valence electrons. The maximum atomic E-state index is 11.2. The first-order valence-corrected chi connectivity index (χ1v) is 4.83. The van der Waals surface area contributed by atoms with Crippen molar-refractivity contribution in [2.75, 3.05) is 5.33 Å². The molecule has 0 atom stereocenters. The van der Waals surface area contributed by atoms with Gasteiger partial charge in [-0.25, -0.2) is 0 Å². The fourth-order valence-electron chi connectivity index (χ4n) is 0.744. The number of alkyl halides is 1. The smallest absolute Gasteiger partial charge is 0.173 e. The van der Waals surface area contributed by atoms with Crippen molar-refractivity contribution in [3.05, 3.63) is 36.0 Å². The third-order valence-corrected chi connectivity index (χ3v) is 1.70. The van der Waals surface area contributed by atoms with E-state index in [9.17, 15) is 4.79 Å². The monoisotopic (exact) mass is 228 g/mol. The van der Waals surface area contributed by atoms with Gasteiger partial charge in [0.2, 0.25) is 0 Å². The lowest BCUT2D eigenvalue weighted by Crippen LogP contribution is -2.01. The van der Waals surface area contributed by atoms with Gasteiger partial charge in [-0.2, -0.15) is 0 Å². The van der Waals surface area contributed by atoms with Gasteiger partial charge in [0.15, 0.2) is 5.78 Å². The minimum absolute atomic E-state index is 0.0797. The average molecular weight is 229 g/mol. The standard InChI is InChI=1S/C10H13BrO/c1-4-5-9(6-8(2)3)10(12)7-11/h4-6H,2,7H2,1,3H3/b5-4-,9-6+. The molecular formula is C10H13BrO. The zero-order valence-electron chi connectivity index (χ0n) is 7.43. The number of hydrogen-bond donors (Lipinski definition) is 0. The average Bonchev–Trinajstić information content (AvgIpc) is 2.01. The highest BCUT2D eigenvalue weighted by atomic mass is 79.9. The molecule has 0 saturated carbocycles. The van der Waals surface area contributed by atoms with Crippen molar-refractivity contribution in [1.82, 2.24) is 0 Å². The molecule has 2 heteroatoms. The molecule has 0 bridgehead atoms. The molecule has 0 aliphatic heterocycles. The van der Waals surface area contributed by atoms with Crippen molar-refractivity contribution in [2.24, 2.45) is 0 Å². The molecule has 0 amide bonds. The lowest BCUT2D eigenvalue weighted by atomic mass is 10.1. The first-order chi connectivity index (χ1) is 5.61. The molecule has 0 spiro atoms. The van der Waals surface area contributed by atoms with E-state index >= 15 is 0 Å². The Morgan fingerprint density at radius 3 is 2.50 bits per heavy atom. The maximum Gasteiger partial charge on any atom is 0.173 e. The number of hydrogen-bond acceptors (Lipinski definition) is 1. The summed E-state index contributed by atoms with van der Waals surface area (Å²) in [5.74, 6) is 0.0797. The minimum atomic E-state index is 0.0797. The predicted molar refractivity (Wildman–Crippen MR) is 56.5 cm³/mol. The Morgan fingerprint density at radius 1 is 1.58 bits per heavy atom. The molecule has 0 radical (unpaired) electrons. The summed E-state index contributed by atoms with van der Waals surface area (Å²) >= 11 is 3.12. The summed E-state index contributed by atoms with van der Waals surface area (Å²) in [4.78, 5) is 11.2. The molecule has 0 aromatic carbocycles. The molecular weight excluding hydrogens is 216 g/mol. The van der Waals surface area contributed by atoms with E-state index < -0.39 is 0 Å². The van der Waals surface area contributed by atoms with Crippen LogP contribution in [0, 0.1) is 0 Å². The van der Waals surface area contributed by atoms with Gasteiger partial charge >= 0.3 is 0 Å². The molecule has 0 aromatic rings. The zero-order valence-corrected chi connectivity index (χ0v) is 9.02. The number of carbonyl (C=O) groups is 1. The van der Waals surface area contributed by atoms with E-state index in [0.29, 0.717) is 10.9 Å². The van der Waals surface area contributed by atoms with Crippen molar-refractivity contribution >= 4 is 21.7 Å². The fourth-order valence-corrected chi connectivity index (χ4v) is 1.07. The lowest BCUT2D eigenvalue weighted by molar-refractivity contribution is -0.112. The number of allylic oxidation sites excluding steroid dienone is 5. The van der Waals surface area contributed by atoms with E-state index in [1.807, 2.05) is 19.9 Å². The Hall–Kier alpha value is -0.630. The first kappa shape index (κ1) is 11.4. The number of rotatable bonds is 4. The highest BCUT2D eigenvalue weighted by molar-refractivity contribution is 9.09. The molecule has 12 heavy (non-hydrogen) atoms. The van der Waals surface area contributed by atoms with E-state index in [-0.39, 0.29) is 5.78 Å². The zero-order chi connectivity index (χ0) is 9.56. The second-order valence-electron chi connectivity index (χ2n) is 2.50. The summed E-state index contributed by atoms with van der Waals surface area (Å²) in [6.45, 7) is 7.46. The van der Waals surface area contributed by atoms with Crippen molar-refractivity contribution in [3.8, 4) is 0 Å². The SMILES string of the molecule is C=C(C)/C=C(\C=C/C)C(=O)CBr. The van der Waals surface area contributed by atoms with Crippen molar-refractivity contribution in [1.29, 1.82) is 0 Å². The number of Topliss-reactive ketones (excluding diaryl/α,β-unsaturated/α-hetero) is 1. The summed E-state index contributed by atoms with van der Waals surface area (Å²) in [7, 11) is 0. The topological polar surface area (TPSA) is 17.1 Å². The molecule has 0 aliphatic rings. The first-order valence-electron chi connectivity index (χ1n) is 3.71.